The number of amides is 1. The monoisotopic (exact) mass is 407 g/mol. The highest BCUT2D eigenvalue weighted by atomic mass is 19.1. The van der Waals surface area contributed by atoms with Crippen LogP contribution in [0.1, 0.15) is 44.7 Å². The number of halogens is 1. The number of carbonyl (C=O) groups is 1. The second kappa shape index (κ2) is 7.45. The normalized spacial score (nSPS) is 25.9. The third-order valence-electron chi connectivity index (χ3n) is 5.87. The SMILES string of the molecule is CC1(CC2(c3ccccc3)CCN(C(C)(C)C#Cc3ccc(F)cc3)C(=O)O2)CO1. The molecule has 2 atom stereocenters. The van der Waals surface area contributed by atoms with Gasteiger partial charge in [0.1, 0.15) is 17.0 Å². The first kappa shape index (κ1) is 20.4. The minimum atomic E-state index is -0.728. The van der Waals surface area contributed by atoms with E-state index in [4.69, 9.17) is 9.47 Å². The van der Waals surface area contributed by atoms with Crippen molar-refractivity contribution in [3.8, 4) is 11.8 Å². The van der Waals surface area contributed by atoms with Gasteiger partial charge in [-0.2, -0.15) is 0 Å². The number of hydrogen-bond acceptors (Lipinski definition) is 3. The summed E-state index contributed by atoms with van der Waals surface area (Å²) in [5.74, 6) is 5.89. The Morgan fingerprint density at radius 3 is 2.40 bits per heavy atom. The van der Waals surface area contributed by atoms with Crippen molar-refractivity contribution in [3.63, 3.8) is 0 Å². The van der Waals surface area contributed by atoms with Crippen LogP contribution in [0.5, 0.6) is 0 Å². The van der Waals surface area contributed by atoms with E-state index in [1.807, 2.05) is 44.2 Å². The third-order valence-corrected chi connectivity index (χ3v) is 5.87. The minimum absolute atomic E-state index is 0.254. The summed E-state index contributed by atoms with van der Waals surface area (Å²) in [7, 11) is 0. The molecular weight excluding hydrogens is 381 g/mol. The lowest BCUT2D eigenvalue weighted by atomic mass is 9.81. The molecule has 2 fully saturated rings. The van der Waals surface area contributed by atoms with Crippen molar-refractivity contribution < 1.29 is 18.7 Å². The Hall–Kier alpha value is -2.84. The maximum Gasteiger partial charge on any atom is 0.411 e. The Kier molecular flexibility index (Phi) is 5.07. The second-order valence-electron chi connectivity index (χ2n) is 8.86. The van der Waals surface area contributed by atoms with Crippen molar-refractivity contribution >= 4 is 6.09 Å². The van der Waals surface area contributed by atoms with Crippen molar-refractivity contribution in [2.75, 3.05) is 13.2 Å². The summed E-state index contributed by atoms with van der Waals surface area (Å²) in [6.45, 7) is 7.04. The molecule has 0 spiro atoms. The maximum atomic E-state index is 13.1. The molecule has 30 heavy (non-hydrogen) atoms. The first-order valence-electron chi connectivity index (χ1n) is 10.2. The molecule has 2 aliphatic rings. The highest BCUT2D eigenvalue weighted by Gasteiger charge is 2.53. The zero-order valence-corrected chi connectivity index (χ0v) is 17.6. The molecule has 4 nitrogen and oxygen atoms in total. The summed E-state index contributed by atoms with van der Waals surface area (Å²) >= 11 is 0. The number of carbonyl (C=O) groups excluding carboxylic acids is 1. The van der Waals surface area contributed by atoms with Crippen LogP contribution < -0.4 is 0 Å². The summed E-state index contributed by atoms with van der Waals surface area (Å²) in [6.07, 6.45) is 0.905. The molecule has 0 saturated carbocycles. The van der Waals surface area contributed by atoms with Crippen LogP contribution >= 0.6 is 0 Å². The topological polar surface area (TPSA) is 42.1 Å². The first-order chi connectivity index (χ1) is 14.2. The van der Waals surface area contributed by atoms with Gasteiger partial charge in [-0.1, -0.05) is 42.2 Å². The molecule has 2 heterocycles. The number of ether oxygens (including phenoxy) is 2. The number of epoxide rings is 1. The standard InChI is InChI=1S/C25H26FNO3/c1-23(2,14-13-19-9-11-21(26)12-10-19)27-16-15-25(30-22(27)28,17-24(3)18-29-24)20-7-5-4-6-8-20/h4-12H,15-18H2,1-3H3. The van der Waals surface area contributed by atoms with Gasteiger partial charge in [0.15, 0.2) is 0 Å². The lowest BCUT2D eigenvalue weighted by molar-refractivity contribution is -0.0794. The molecule has 2 saturated heterocycles. The fourth-order valence-electron chi connectivity index (χ4n) is 3.99. The molecule has 0 aromatic heterocycles. The Morgan fingerprint density at radius 1 is 1.13 bits per heavy atom. The van der Waals surface area contributed by atoms with Gasteiger partial charge in [0.2, 0.25) is 0 Å². The Labute approximate surface area is 177 Å². The van der Waals surface area contributed by atoms with Crippen LogP contribution in [-0.2, 0) is 15.1 Å². The van der Waals surface area contributed by atoms with Crippen LogP contribution in [-0.4, -0.2) is 35.3 Å². The van der Waals surface area contributed by atoms with E-state index in [9.17, 15) is 9.18 Å². The minimum Gasteiger partial charge on any atom is -0.438 e. The van der Waals surface area contributed by atoms with Crippen LogP contribution in [0, 0.1) is 17.7 Å². The molecule has 0 radical (unpaired) electrons. The molecule has 2 aliphatic heterocycles. The Morgan fingerprint density at radius 2 is 1.80 bits per heavy atom. The van der Waals surface area contributed by atoms with E-state index >= 15 is 0 Å². The third kappa shape index (κ3) is 4.20. The number of hydrogen-bond donors (Lipinski definition) is 0. The van der Waals surface area contributed by atoms with Crippen LogP contribution in [0.2, 0.25) is 0 Å². The quantitative estimate of drug-likeness (QED) is 0.536. The molecule has 0 N–H and O–H groups in total. The first-order valence-corrected chi connectivity index (χ1v) is 10.2. The highest BCUT2D eigenvalue weighted by Crippen LogP contribution is 2.46. The van der Waals surface area contributed by atoms with Gasteiger partial charge in [-0.3, -0.25) is 4.90 Å². The van der Waals surface area contributed by atoms with E-state index in [2.05, 4.69) is 18.8 Å². The van der Waals surface area contributed by atoms with E-state index in [0.717, 1.165) is 5.56 Å². The van der Waals surface area contributed by atoms with Crippen molar-refractivity contribution in [3.05, 3.63) is 71.5 Å². The van der Waals surface area contributed by atoms with E-state index in [0.29, 0.717) is 31.6 Å². The largest absolute Gasteiger partial charge is 0.438 e. The van der Waals surface area contributed by atoms with E-state index < -0.39 is 11.1 Å². The molecule has 0 aliphatic carbocycles. The van der Waals surface area contributed by atoms with Crippen LogP contribution in [0.4, 0.5) is 9.18 Å². The smallest absolute Gasteiger partial charge is 0.411 e. The molecule has 156 valence electrons. The fourth-order valence-corrected chi connectivity index (χ4v) is 3.99. The molecule has 2 unspecified atom stereocenters. The van der Waals surface area contributed by atoms with Gasteiger partial charge in [-0.05, 0) is 50.6 Å². The molecule has 0 bridgehead atoms. The van der Waals surface area contributed by atoms with Gasteiger partial charge in [0, 0.05) is 24.9 Å². The lowest BCUT2D eigenvalue weighted by Gasteiger charge is -2.46. The number of rotatable bonds is 4. The molecular formula is C25H26FNO3. The molecule has 4 rings (SSSR count). The summed E-state index contributed by atoms with van der Waals surface area (Å²) < 4.78 is 24.9. The van der Waals surface area contributed by atoms with Crippen LogP contribution in [0.15, 0.2) is 54.6 Å². The van der Waals surface area contributed by atoms with E-state index in [-0.39, 0.29) is 17.5 Å². The summed E-state index contributed by atoms with van der Waals surface area (Å²) in [4.78, 5) is 14.8. The predicted molar refractivity (Wildman–Crippen MR) is 112 cm³/mol. The predicted octanol–water partition coefficient (Wildman–Crippen LogP) is 4.87. The second-order valence-corrected chi connectivity index (χ2v) is 8.86. The fraction of sp³-hybridized carbons (Fsp3) is 0.400. The highest BCUT2D eigenvalue weighted by molar-refractivity contribution is 5.71. The van der Waals surface area contributed by atoms with Crippen molar-refractivity contribution in [1.29, 1.82) is 0 Å². The zero-order chi connectivity index (χ0) is 21.4. The van der Waals surface area contributed by atoms with Gasteiger partial charge in [-0.15, -0.1) is 0 Å². The summed E-state index contributed by atoms with van der Waals surface area (Å²) in [5, 5.41) is 0. The van der Waals surface area contributed by atoms with E-state index in [1.54, 1.807) is 17.0 Å². The van der Waals surface area contributed by atoms with Gasteiger partial charge in [0.05, 0.1) is 12.2 Å². The van der Waals surface area contributed by atoms with Crippen LogP contribution in [0.3, 0.4) is 0 Å². The van der Waals surface area contributed by atoms with Gasteiger partial charge in [-0.25, -0.2) is 9.18 Å². The van der Waals surface area contributed by atoms with Crippen LogP contribution in [0.25, 0.3) is 0 Å². The number of cyclic esters (lactones) is 1. The summed E-state index contributed by atoms with van der Waals surface area (Å²) in [6, 6.07) is 15.9. The van der Waals surface area contributed by atoms with Gasteiger partial charge < -0.3 is 9.47 Å². The molecule has 1 amide bonds. The number of benzene rings is 2. The van der Waals surface area contributed by atoms with E-state index in [1.165, 1.54) is 12.1 Å². The van der Waals surface area contributed by atoms with Crippen molar-refractivity contribution in [2.24, 2.45) is 0 Å². The average Bonchev–Trinajstić information content (AvgIpc) is 3.44. The molecule has 2 aromatic carbocycles. The zero-order valence-electron chi connectivity index (χ0n) is 17.6. The van der Waals surface area contributed by atoms with Crippen molar-refractivity contribution in [1.82, 2.24) is 4.90 Å². The Bertz CT molecular complexity index is 987. The van der Waals surface area contributed by atoms with Gasteiger partial charge >= 0.3 is 6.09 Å². The average molecular weight is 407 g/mol. The number of nitrogens with zero attached hydrogens (tertiary/aromatic N) is 1. The Balaban J connectivity index is 1.56. The van der Waals surface area contributed by atoms with Crippen molar-refractivity contribution in [2.45, 2.75) is 50.4 Å². The maximum absolute atomic E-state index is 13.1. The molecule has 2 aromatic rings. The van der Waals surface area contributed by atoms with Gasteiger partial charge in [0.25, 0.3) is 0 Å². The molecule has 5 heteroatoms. The summed E-state index contributed by atoms with van der Waals surface area (Å²) in [5.41, 5.74) is 0.00244. The lowest BCUT2D eigenvalue weighted by Crippen LogP contribution is -2.56.